The Morgan fingerprint density at radius 3 is 2.12 bits per heavy atom. The second-order valence-corrected chi connectivity index (χ2v) is 10.9. The van der Waals surface area contributed by atoms with E-state index in [0.29, 0.717) is 6.42 Å². The van der Waals surface area contributed by atoms with Gasteiger partial charge in [0.2, 0.25) is 5.91 Å². The number of hydrogen-bond donors (Lipinski definition) is 9. The smallest absolute Gasteiger partial charge is 0.220 e. The van der Waals surface area contributed by atoms with Gasteiger partial charge in [-0.15, -0.1) is 0 Å². The summed E-state index contributed by atoms with van der Waals surface area (Å²) in [7, 11) is 0. The number of aliphatic hydroxyl groups is 8. The van der Waals surface area contributed by atoms with Gasteiger partial charge in [0.05, 0.1) is 32.0 Å². The molecular weight excluding hydrogens is 558 g/mol. The number of nitrogens with one attached hydrogen (secondary N) is 1. The quantitative estimate of drug-likeness (QED) is 0.0617. The molecule has 0 bridgehead atoms. The monoisotopic (exact) mass is 609 g/mol. The van der Waals surface area contributed by atoms with Gasteiger partial charge in [0, 0.05) is 6.42 Å². The fourth-order valence-corrected chi connectivity index (χ4v) is 4.86. The van der Waals surface area contributed by atoms with Crippen LogP contribution in [0.3, 0.4) is 0 Å². The molecule has 2 aliphatic rings. The second-order valence-electron chi connectivity index (χ2n) is 10.9. The van der Waals surface area contributed by atoms with Crippen molar-refractivity contribution in [2.75, 3.05) is 19.8 Å². The molecule has 14 nitrogen and oxygen atoms in total. The van der Waals surface area contributed by atoms with Crippen molar-refractivity contribution < 1.29 is 64.6 Å². The molecule has 12 unspecified atom stereocenters. The SMILES string of the molecule is CCCCCCC/C=C/C(O)C(COC1OC(CO)C(OC2OC(CO)C(O)C(O)C2O)C(O)C1O)NC(=O)CCC. The van der Waals surface area contributed by atoms with Crippen LogP contribution in [-0.4, -0.2) is 140 Å². The third-order valence-electron chi connectivity index (χ3n) is 7.44. The van der Waals surface area contributed by atoms with Crippen molar-refractivity contribution in [3.63, 3.8) is 0 Å². The summed E-state index contributed by atoms with van der Waals surface area (Å²) in [4.78, 5) is 12.3. The molecule has 9 N–H and O–H groups in total. The Morgan fingerprint density at radius 2 is 1.48 bits per heavy atom. The Balaban J connectivity index is 2.03. The molecule has 0 aromatic rings. The van der Waals surface area contributed by atoms with Crippen molar-refractivity contribution >= 4 is 5.91 Å². The predicted octanol–water partition coefficient (Wildman–Crippen LogP) is -1.81. The molecule has 2 heterocycles. The van der Waals surface area contributed by atoms with Crippen molar-refractivity contribution in [1.29, 1.82) is 0 Å². The molecule has 0 aromatic carbocycles. The van der Waals surface area contributed by atoms with E-state index < -0.39 is 86.8 Å². The standard InChI is InChI=1S/C28H51NO13/c1-3-5-6-7-8-9-10-12-17(32)16(29-20(33)11-4-2)15-39-27-25(38)23(36)26(19(14-31)41-27)42-28-24(37)22(35)21(34)18(13-30)40-28/h10,12,16-19,21-28,30-32,34-38H,3-9,11,13-15H2,1-2H3,(H,29,33)/b12-10+. The van der Waals surface area contributed by atoms with E-state index in [2.05, 4.69) is 12.2 Å². The van der Waals surface area contributed by atoms with Crippen molar-refractivity contribution in [2.24, 2.45) is 0 Å². The van der Waals surface area contributed by atoms with Crippen LogP contribution in [0.4, 0.5) is 0 Å². The van der Waals surface area contributed by atoms with Gasteiger partial charge in [-0.1, -0.05) is 51.7 Å². The number of unbranched alkanes of at least 4 members (excludes halogenated alkanes) is 5. The van der Waals surface area contributed by atoms with Crippen molar-refractivity contribution in [3.8, 4) is 0 Å². The lowest BCUT2D eigenvalue weighted by Crippen LogP contribution is -2.65. The highest BCUT2D eigenvalue weighted by molar-refractivity contribution is 5.76. The molecule has 0 radical (unpaired) electrons. The third kappa shape index (κ3) is 10.7. The van der Waals surface area contributed by atoms with E-state index in [1.165, 1.54) is 6.42 Å². The molecule has 2 saturated heterocycles. The molecule has 1 amide bonds. The minimum Gasteiger partial charge on any atom is -0.394 e. The molecule has 0 aromatic heterocycles. The minimum atomic E-state index is -1.78. The number of rotatable bonds is 18. The molecule has 12 atom stereocenters. The molecule has 246 valence electrons. The number of carbonyl (C=O) groups is 1. The van der Waals surface area contributed by atoms with E-state index >= 15 is 0 Å². The van der Waals surface area contributed by atoms with Crippen LogP contribution in [0.5, 0.6) is 0 Å². The van der Waals surface area contributed by atoms with E-state index in [0.717, 1.165) is 32.1 Å². The largest absolute Gasteiger partial charge is 0.394 e. The fraction of sp³-hybridized carbons (Fsp3) is 0.893. The van der Waals surface area contributed by atoms with Crippen LogP contribution < -0.4 is 5.32 Å². The average Bonchev–Trinajstić information content (AvgIpc) is 2.97. The van der Waals surface area contributed by atoms with Gasteiger partial charge in [-0.05, 0) is 19.3 Å². The summed E-state index contributed by atoms with van der Waals surface area (Å²) in [6, 6.07) is -0.899. The van der Waals surface area contributed by atoms with Crippen LogP contribution in [0.25, 0.3) is 0 Å². The number of hydrogen-bond acceptors (Lipinski definition) is 13. The third-order valence-corrected chi connectivity index (χ3v) is 7.44. The van der Waals surface area contributed by atoms with Crippen LogP contribution in [0.2, 0.25) is 0 Å². The summed E-state index contributed by atoms with van der Waals surface area (Å²) in [5.41, 5.74) is 0. The Morgan fingerprint density at radius 1 is 0.833 bits per heavy atom. The molecule has 2 fully saturated rings. The highest BCUT2D eigenvalue weighted by Gasteiger charge is 2.50. The van der Waals surface area contributed by atoms with Gasteiger partial charge in [-0.2, -0.15) is 0 Å². The lowest BCUT2D eigenvalue weighted by molar-refractivity contribution is -0.359. The van der Waals surface area contributed by atoms with E-state index in [1.807, 2.05) is 13.0 Å². The number of aliphatic hydroxyl groups excluding tert-OH is 8. The molecule has 14 heteroatoms. The Bertz CT molecular complexity index is 785. The highest BCUT2D eigenvalue weighted by atomic mass is 16.7. The zero-order chi connectivity index (χ0) is 31.2. The topological polar surface area (TPSA) is 228 Å². The minimum absolute atomic E-state index is 0.231. The normalized spacial score (nSPS) is 35.3. The van der Waals surface area contributed by atoms with Gasteiger partial charge < -0.3 is 65.1 Å². The number of allylic oxidation sites excluding steroid dienone is 1. The van der Waals surface area contributed by atoms with E-state index in [4.69, 9.17) is 18.9 Å². The molecular formula is C28H51NO13. The molecule has 42 heavy (non-hydrogen) atoms. The maximum Gasteiger partial charge on any atom is 0.220 e. The molecule has 0 saturated carbocycles. The Kier molecular flexibility index (Phi) is 16.9. The number of amides is 1. The molecule has 2 rings (SSSR count). The van der Waals surface area contributed by atoms with Gasteiger partial charge in [0.15, 0.2) is 12.6 Å². The van der Waals surface area contributed by atoms with E-state index in [9.17, 15) is 45.6 Å². The summed E-state index contributed by atoms with van der Waals surface area (Å²) in [5, 5.41) is 84.6. The first-order valence-electron chi connectivity index (χ1n) is 14.9. The lowest BCUT2D eigenvalue weighted by atomic mass is 9.97. The van der Waals surface area contributed by atoms with Crippen LogP contribution >= 0.6 is 0 Å². The zero-order valence-corrected chi connectivity index (χ0v) is 24.5. The Hall–Kier alpha value is -1.27. The molecule has 0 aliphatic carbocycles. The molecule has 0 spiro atoms. The first kappa shape index (κ1) is 36.9. The summed E-state index contributed by atoms with van der Waals surface area (Å²) in [6.07, 6.45) is -6.37. The van der Waals surface area contributed by atoms with Gasteiger partial charge in [-0.25, -0.2) is 0 Å². The average molecular weight is 610 g/mol. The first-order valence-corrected chi connectivity index (χ1v) is 14.9. The second kappa shape index (κ2) is 19.2. The van der Waals surface area contributed by atoms with Gasteiger partial charge in [0.25, 0.3) is 0 Å². The fourth-order valence-electron chi connectivity index (χ4n) is 4.86. The van der Waals surface area contributed by atoms with E-state index in [1.54, 1.807) is 6.08 Å². The van der Waals surface area contributed by atoms with Crippen LogP contribution in [0, 0.1) is 0 Å². The van der Waals surface area contributed by atoms with Crippen LogP contribution in [-0.2, 0) is 23.7 Å². The summed E-state index contributed by atoms with van der Waals surface area (Å²) >= 11 is 0. The van der Waals surface area contributed by atoms with Crippen molar-refractivity contribution in [3.05, 3.63) is 12.2 Å². The summed E-state index contributed by atoms with van der Waals surface area (Å²) in [6.45, 7) is 2.26. The lowest BCUT2D eigenvalue weighted by Gasteiger charge is -2.46. The maximum absolute atomic E-state index is 12.3. The first-order chi connectivity index (χ1) is 20.1. The maximum atomic E-state index is 12.3. The van der Waals surface area contributed by atoms with Gasteiger partial charge in [0.1, 0.15) is 48.8 Å². The van der Waals surface area contributed by atoms with Crippen molar-refractivity contribution in [2.45, 2.75) is 139 Å². The Labute approximate surface area is 246 Å². The predicted molar refractivity (Wildman–Crippen MR) is 148 cm³/mol. The van der Waals surface area contributed by atoms with Gasteiger partial charge in [-0.3, -0.25) is 4.79 Å². The number of carbonyl (C=O) groups excluding carboxylic acids is 1. The highest BCUT2D eigenvalue weighted by Crippen LogP contribution is 2.29. The summed E-state index contributed by atoms with van der Waals surface area (Å²) < 4.78 is 22.1. The number of ether oxygens (including phenoxy) is 4. The van der Waals surface area contributed by atoms with Crippen LogP contribution in [0.15, 0.2) is 12.2 Å². The molecule has 2 aliphatic heterocycles. The summed E-state index contributed by atoms with van der Waals surface area (Å²) in [5.74, 6) is -0.301. The van der Waals surface area contributed by atoms with Gasteiger partial charge >= 0.3 is 0 Å². The van der Waals surface area contributed by atoms with E-state index in [-0.39, 0.29) is 18.9 Å². The zero-order valence-electron chi connectivity index (χ0n) is 24.5. The van der Waals surface area contributed by atoms with Crippen LogP contribution in [0.1, 0.15) is 65.2 Å². The van der Waals surface area contributed by atoms with Crippen molar-refractivity contribution in [1.82, 2.24) is 5.32 Å².